The summed E-state index contributed by atoms with van der Waals surface area (Å²) >= 11 is 0. The van der Waals surface area contributed by atoms with Crippen molar-refractivity contribution < 1.29 is 4.92 Å². The zero-order valence-electron chi connectivity index (χ0n) is 10.7. The largest absolute Gasteiger partial charge is 0.307 e. The Hall–Kier alpha value is -2.21. The SMILES string of the molecule is CCn1nccc1CNCc1cccc([N+](=O)[O-])c1. The third-order valence-corrected chi connectivity index (χ3v) is 2.86. The average Bonchev–Trinajstić information content (AvgIpc) is 2.86. The molecule has 0 amide bonds. The number of nitro benzene ring substituents is 1. The molecule has 0 saturated carbocycles. The van der Waals surface area contributed by atoms with Crippen LogP contribution in [0, 0.1) is 10.1 Å². The summed E-state index contributed by atoms with van der Waals surface area (Å²) in [6.45, 7) is 4.16. The number of nitrogens with one attached hydrogen (secondary N) is 1. The van der Waals surface area contributed by atoms with Gasteiger partial charge < -0.3 is 5.32 Å². The summed E-state index contributed by atoms with van der Waals surface area (Å²) in [7, 11) is 0. The third kappa shape index (κ3) is 3.38. The van der Waals surface area contributed by atoms with Crippen LogP contribution in [0.2, 0.25) is 0 Å². The number of non-ortho nitro benzene ring substituents is 1. The highest BCUT2D eigenvalue weighted by Gasteiger charge is 2.05. The smallest absolute Gasteiger partial charge is 0.269 e. The molecule has 0 aliphatic carbocycles. The predicted octanol–water partition coefficient (Wildman–Crippen LogP) is 2.10. The Kier molecular flexibility index (Phi) is 4.25. The lowest BCUT2D eigenvalue weighted by atomic mass is 10.2. The fraction of sp³-hybridized carbons (Fsp3) is 0.308. The summed E-state index contributed by atoms with van der Waals surface area (Å²) in [6.07, 6.45) is 1.77. The van der Waals surface area contributed by atoms with Gasteiger partial charge in [0.1, 0.15) is 0 Å². The number of aryl methyl sites for hydroxylation is 1. The molecule has 100 valence electrons. The number of benzene rings is 1. The van der Waals surface area contributed by atoms with E-state index in [4.69, 9.17) is 0 Å². The van der Waals surface area contributed by atoms with Crippen molar-refractivity contribution in [1.82, 2.24) is 15.1 Å². The fourth-order valence-corrected chi connectivity index (χ4v) is 1.91. The minimum absolute atomic E-state index is 0.123. The maximum Gasteiger partial charge on any atom is 0.269 e. The molecule has 1 aromatic carbocycles. The minimum atomic E-state index is -0.379. The second-order valence-corrected chi connectivity index (χ2v) is 4.17. The van der Waals surface area contributed by atoms with Gasteiger partial charge in [-0.15, -0.1) is 0 Å². The number of hydrogen-bond donors (Lipinski definition) is 1. The van der Waals surface area contributed by atoms with E-state index in [0.29, 0.717) is 13.1 Å². The Morgan fingerprint density at radius 2 is 2.21 bits per heavy atom. The lowest BCUT2D eigenvalue weighted by Crippen LogP contribution is -2.16. The van der Waals surface area contributed by atoms with Crippen LogP contribution in [-0.2, 0) is 19.6 Å². The van der Waals surface area contributed by atoms with Gasteiger partial charge in [0.25, 0.3) is 5.69 Å². The molecule has 2 aromatic rings. The molecule has 0 saturated heterocycles. The van der Waals surface area contributed by atoms with Crippen LogP contribution in [0.25, 0.3) is 0 Å². The normalized spacial score (nSPS) is 10.6. The molecule has 0 unspecified atom stereocenters. The molecule has 1 aromatic heterocycles. The zero-order chi connectivity index (χ0) is 13.7. The number of nitrogens with zero attached hydrogens (tertiary/aromatic N) is 3. The predicted molar refractivity (Wildman–Crippen MR) is 71.5 cm³/mol. The van der Waals surface area contributed by atoms with E-state index < -0.39 is 0 Å². The van der Waals surface area contributed by atoms with Crippen molar-refractivity contribution in [2.24, 2.45) is 0 Å². The van der Waals surface area contributed by atoms with Crippen molar-refractivity contribution >= 4 is 5.69 Å². The second-order valence-electron chi connectivity index (χ2n) is 4.17. The summed E-state index contributed by atoms with van der Waals surface area (Å²) in [6, 6.07) is 8.62. The van der Waals surface area contributed by atoms with Gasteiger partial charge in [-0.3, -0.25) is 14.8 Å². The van der Waals surface area contributed by atoms with E-state index in [1.165, 1.54) is 6.07 Å². The highest BCUT2D eigenvalue weighted by molar-refractivity contribution is 5.34. The minimum Gasteiger partial charge on any atom is -0.307 e. The van der Waals surface area contributed by atoms with E-state index in [1.807, 2.05) is 23.7 Å². The van der Waals surface area contributed by atoms with E-state index in [2.05, 4.69) is 10.4 Å². The highest BCUT2D eigenvalue weighted by Crippen LogP contribution is 2.12. The van der Waals surface area contributed by atoms with Crippen LogP contribution in [0.3, 0.4) is 0 Å². The summed E-state index contributed by atoms with van der Waals surface area (Å²) in [4.78, 5) is 10.3. The van der Waals surface area contributed by atoms with Crippen LogP contribution < -0.4 is 5.32 Å². The van der Waals surface area contributed by atoms with E-state index >= 15 is 0 Å². The zero-order valence-corrected chi connectivity index (χ0v) is 10.7. The Morgan fingerprint density at radius 3 is 2.95 bits per heavy atom. The number of rotatable bonds is 6. The van der Waals surface area contributed by atoms with Gasteiger partial charge in [0.05, 0.1) is 10.6 Å². The summed E-state index contributed by atoms with van der Waals surface area (Å²) in [5.74, 6) is 0. The number of nitro groups is 1. The Morgan fingerprint density at radius 1 is 1.37 bits per heavy atom. The molecule has 0 atom stereocenters. The summed E-state index contributed by atoms with van der Waals surface area (Å²) < 4.78 is 1.92. The Bertz CT molecular complexity index is 565. The highest BCUT2D eigenvalue weighted by atomic mass is 16.6. The van der Waals surface area contributed by atoms with Crippen molar-refractivity contribution in [3.05, 3.63) is 57.9 Å². The van der Waals surface area contributed by atoms with Crippen LogP contribution in [-0.4, -0.2) is 14.7 Å². The van der Waals surface area contributed by atoms with E-state index in [1.54, 1.807) is 18.3 Å². The molecule has 6 nitrogen and oxygen atoms in total. The Balaban J connectivity index is 1.92. The molecular weight excluding hydrogens is 244 g/mol. The lowest BCUT2D eigenvalue weighted by Gasteiger charge is -2.06. The molecule has 0 spiro atoms. The van der Waals surface area contributed by atoms with Crippen molar-refractivity contribution in [3.63, 3.8) is 0 Å². The molecule has 0 aliphatic rings. The summed E-state index contributed by atoms with van der Waals surface area (Å²) in [5, 5.41) is 18.1. The van der Waals surface area contributed by atoms with Crippen LogP contribution in [0.1, 0.15) is 18.2 Å². The second kappa shape index (κ2) is 6.10. The maximum absolute atomic E-state index is 10.7. The van der Waals surface area contributed by atoms with Crippen molar-refractivity contribution in [2.75, 3.05) is 0 Å². The third-order valence-electron chi connectivity index (χ3n) is 2.86. The number of hydrogen-bond acceptors (Lipinski definition) is 4. The molecule has 1 N–H and O–H groups in total. The first-order valence-corrected chi connectivity index (χ1v) is 6.15. The average molecular weight is 260 g/mol. The molecule has 1 heterocycles. The summed E-state index contributed by atoms with van der Waals surface area (Å²) in [5.41, 5.74) is 2.13. The molecule has 0 bridgehead atoms. The molecule has 2 rings (SSSR count). The van der Waals surface area contributed by atoms with Crippen molar-refractivity contribution in [3.8, 4) is 0 Å². The Labute approximate surface area is 111 Å². The van der Waals surface area contributed by atoms with Gasteiger partial charge in [-0.2, -0.15) is 5.10 Å². The van der Waals surface area contributed by atoms with Gasteiger partial charge in [0.2, 0.25) is 0 Å². The van der Waals surface area contributed by atoms with Crippen molar-refractivity contribution in [1.29, 1.82) is 0 Å². The molecule has 19 heavy (non-hydrogen) atoms. The number of aromatic nitrogens is 2. The molecule has 0 aliphatic heterocycles. The molecule has 6 heteroatoms. The van der Waals surface area contributed by atoms with E-state index in [-0.39, 0.29) is 10.6 Å². The van der Waals surface area contributed by atoms with Crippen LogP contribution in [0.15, 0.2) is 36.5 Å². The topological polar surface area (TPSA) is 73.0 Å². The van der Waals surface area contributed by atoms with Gasteiger partial charge in [-0.1, -0.05) is 12.1 Å². The first kappa shape index (κ1) is 13.2. The van der Waals surface area contributed by atoms with Crippen LogP contribution in [0.4, 0.5) is 5.69 Å². The first-order valence-electron chi connectivity index (χ1n) is 6.15. The van der Waals surface area contributed by atoms with Gasteiger partial charge >= 0.3 is 0 Å². The van der Waals surface area contributed by atoms with Crippen molar-refractivity contribution in [2.45, 2.75) is 26.6 Å². The van der Waals surface area contributed by atoms with Gasteiger partial charge in [-0.05, 0) is 18.6 Å². The maximum atomic E-state index is 10.7. The van der Waals surface area contributed by atoms with E-state index in [9.17, 15) is 10.1 Å². The lowest BCUT2D eigenvalue weighted by molar-refractivity contribution is -0.384. The van der Waals surface area contributed by atoms with E-state index in [0.717, 1.165) is 17.8 Å². The molecule has 0 fully saturated rings. The van der Waals surface area contributed by atoms with Gasteiger partial charge in [-0.25, -0.2) is 0 Å². The monoisotopic (exact) mass is 260 g/mol. The first-order chi connectivity index (χ1) is 9.20. The van der Waals surface area contributed by atoms with Crippen LogP contribution in [0.5, 0.6) is 0 Å². The van der Waals surface area contributed by atoms with Gasteiger partial charge in [0.15, 0.2) is 0 Å². The molecule has 0 radical (unpaired) electrons. The standard InChI is InChI=1S/C13H16N4O2/c1-2-16-13(6-7-15-16)10-14-9-11-4-3-5-12(8-11)17(18)19/h3-8,14H,2,9-10H2,1H3. The quantitative estimate of drug-likeness (QED) is 0.637. The van der Waals surface area contributed by atoms with Crippen LogP contribution >= 0.6 is 0 Å². The van der Waals surface area contributed by atoms with Gasteiger partial charge in [0, 0.05) is 38.0 Å². The molecular formula is C13H16N4O2. The fourth-order valence-electron chi connectivity index (χ4n) is 1.91.